The fraction of sp³-hybridized carbons (Fsp3) is 0.571. The van der Waals surface area contributed by atoms with Gasteiger partial charge in [-0.1, -0.05) is 18.5 Å². The van der Waals surface area contributed by atoms with Gasteiger partial charge in [-0.2, -0.15) is 0 Å². The van der Waals surface area contributed by atoms with Gasteiger partial charge in [0.05, 0.1) is 6.61 Å². The van der Waals surface area contributed by atoms with E-state index in [-0.39, 0.29) is 6.04 Å². The van der Waals surface area contributed by atoms with Gasteiger partial charge in [-0.05, 0) is 47.9 Å². The Labute approximate surface area is 107 Å². The summed E-state index contributed by atoms with van der Waals surface area (Å²) in [5.74, 6) is 2.52. The van der Waals surface area contributed by atoms with Crippen molar-refractivity contribution < 1.29 is 4.74 Å². The highest BCUT2D eigenvalue weighted by atomic mass is 35.5. The Balaban J connectivity index is 1.82. The predicted octanol–water partition coefficient (Wildman–Crippen LogP) is 2.80. The van der Waals surface area contributed by atoms with Crippen LogP contribution in [-0.4, -0.2) is 12.6 Å². The number of nitrogens with two attached hydrogens (primary N) is 1. The van der Waals surface area contributed by atoms with E-state index in [2.05, 4.69) is 6.92 Å². The number of halogens is 1. The molecule has 1 aromatic carbocycles. The van der Waals surface area contributed by atoms with Crippen LogP contribution in [0.4, 0.5) is 0 Å². The van der Waals surface area contributed by atoms with Crippen LogP contribution < -0.4 is 10.5 Å². The highest BCUT2D eigenvalue weighted by Crippen LogP contribution is 2.42. The normalized spacial score (nSPS) is 27.5. The van der Waals surface area contributed by atoms with E-state index in [4.69, 9.17) is 22.1 Å². The Bertz CT molecular complexity index is 446. The minimum absolute atomic E-state index is 0.247. The molecule has 1 aliphatic heterocycles. The molecule has 0 bridgehead atoms. The monoisotopic (exact) mass is 251 g/mol. The standard InChI is InChI=1S/C14H18ClNO/c1-8-4-12(8)13(16)7-10-6-11(15)5-9-2-3-17-14(9)10/h5-6,8,12-13H,2-4,7,16H2,1H3. The second-order valence-corrected chi connectivity index (χ2v) is 5.83. The van der Waals surface area contributed by atoms with Gasteiger partial charge in [-0.15, -0.1) is 0 Å². The van der Waals surface area contributed by atoms with Crippen LogP contribution in [0.25, 0.3) is 0 Å². The Morgan fingerprint density at radius 1 is 1.53 bits per heavy atom. The van der Waals surface area contributed by atoms with Crippen molar-refractivity contribution in [3.8, 4) is 5.75 Å². The van der Waals surface area contributed by atoms with Crippen molar-refractivity contribution in [2.75, 3.05) is 6.61 Å². The fourth-order valence-corrected chi connectivity index (χ4v) is 3.11. The summed E-state index contributed by atoms with van der Waals surface area (Å²) in [5.41, 5.74) is 8.68. The Morgan fingerprint density at radius 2 is 2.29 bits per heavy atom. The Kier molecular flexibility index (Phi) is 2.80. The van der Waals surface area contributed by atoms with Gasteiger partial charge in [-0.3, -0.25) is 0 Å². The largest absolute Gasteiger partial charge is 0.493 e. The van der Waals surface area contributed by atoms with Crippen molar-refractivity contribution in [1.82, 2.24) is 0 Å². The van der Waals surface area contributed by atoms with Crippen molar-refractivity contribution in [2.45, 2.75) is 32.2 Å². The van der Waals surface area contributed by atoms with E-state index in [1.165, 1.54) is 17.5 Å². The van der Waals surface area contributed by atoms with E-state index in [0.29, 0.717) is 5.92 Å². The second kappa shape index (κ2) is 4.18. The third-order valence-corrected chi connectivity index (χ3v) is 4.22. The predicted molar refractivity (Wildman–Crippen MR) is 69.6 cm³/mol. The maximum atomic E-state index is 6.25. The highest BCUT2D eigenvalue weighted by molar-refractivity contribution is 6.30. The molecule has 0 radical (unpaired) electrons. The van der Waals surface area contributed by atoms with Gasteiger partial charge in [-0.25, -0.2) is 0 Å². The summed E-state index contributed by atoms with van der Waals surface area (Å²) in [6.07, 6.45) is 3.13. The molecule has 2 aliphatic rings. The number of ether oxygens (including phenoxy) is 1. The Morgan fingerprint density at radius 3 is 3.00 bits per heavy atom. The average molecular weight is 252 g/mol. The summed E-state index contributed by atoms with van der Waals surface area (Å²) in [6, 6.07) is 4.27. The highest BCUT2D eigenvalue weighted by Gasteiger charge is 2.38. The molecule has 3 rings (SSSR count). The first-order valence-electron chi connectivity index (χ1n) is 6.35. The van der Waals surface area contributed by atoms with Crippen LogP contribution in [0.2, 0.25) is 5.02 Å². The zero-order chi connectivity index (χ0) is 12.0. The summed E-state index contributed by atoms with van der Waals surface area (Å²) in [5, 5.41) is 0.806. The van der Waals surface area contributed by atoms with Crippen LogP contribution in [0, 0.1) is 11.8 Å². The molecule has 0 spiro atoms. The van der Waals surface area contributed by atoms with E-state index in [9.17, 15) is 0 Å². The number of rotatable bonds is 3. The number of hydrogen-bond acceptors (Lipinski definition) is 2. The first-order chi connectivity index (χ1) is 8.15. The van der Waals surface area contributed by atoms with Crippen molar-refractivity contribution >= 4 is 11.6 Å². The molecule has 3 unspecified atom stereocenters. The minimum Gasteiger partial charge on any atom is -0.493 e. The van der Waals surface area contributed by atoms with E-state index in [1.54, 1.807) is 0 Å². The lowest BCUT2D eigenvalue weighted by Crippen LogP contribution is -2.26. The van der Waals surface area contributed by atoms with Crippen LogP contribution >= 0.6 is 11.6 Å². The first kappa shape index (κ1) is 11.4. The molecule has 1 saturated carbocycles. The first-order valence-corrected chi connectivity index (χ1v) is 6.72. The smallest absolute Gasteiger partial charge is 0.125 e. The second-order valence-electron chi connectivity index (χ2n) is 5.40. The molecule has 3 atom stereocenters. The van der Waals surface area contributed by atoms with E-state index < -0.39 is 0 Å². The molecule has 0 amide bonds. The van der Waals surface area contributed by atoms with Crippen molar-refractivity contribution in [3.63, 3.8) is 0 Å². The quantitative estimate of drug-likeness (QED) is 0.897. The van der Waals surface area contributed by atoms with Crippen molar-refractivity contribution in [1.29, 1.82) is 0 Å². The number of hydrogen-bond donors (Lipinski definition) is 1. The maximum Gasteiger partial charge on any atom is 0.125 e. The third-order valence-electron chi connectivity index (χ3n) is 4.00. The zero-order valence-corrected chi connectivity index (χ0v) is 10.8. The van der Waals surface area contributed by atoms with Crippen LogP contribution in [0.3, 0.4) is 0 Å². The average Bonchev–Trinajstić information content (AvgIpc) is 2.82. The van der Waals surface area contributed by atoms with Gasteiger partial charge in [0.2, 0.25) is 0 Å². The molecule has 2 N–H and O–H groups in total. The minimum atomic E-state index is 0.247. The fourth-order valence-electron chi connectivity index (χ4n) is 2.85. The topological polar surface area (TPSA) is 35.2 Å². The Hall–Kier alpha value is -0.730. The van der Waals surface area contributed by atoms with Gasteiger partial charge in [0.25, 0.3) is 0 Å². The summed E-state index contributed by atoms with van der Waals surface area (Å²) in [6.45, 7) is 3.04. The molecule has 3 heteroatoms. The molecule has 0 aromatic heterocycles. The van der Waals surface area contributed by atoms with Gasteiger partial charge in [0.1, 0.15) is 5.75 Å². The molecular formula is C14H18ClNO. The molecule has 17 heavy (non-hydrogen) atoms. The van der Waals surface area contributed by atoms with Gasteiger partial charge in [0.15, 0.2) is 0 Å². The summed E-state index contributed by atoms with van der Waals surface area (Å²) >= 11 is 6.14. The molecule has 1 aliphatic carbocycles. The lowest BCUT2D eigenvalue weighted by atomic mass is 9.99. The zero-order valence-electron chi connectivity index (χ0n) is 10.1. The van der Waals surface area contributed by atoms with Gasteiger partial charge >= 0.3 is 0 Å². The summed E-state index contributed by atoms with van der Waals surface area (Å²) in [4.78, 5) is 0. The SMILES string of the molecule is CC1CC1C(N)Cc1cc(Cl)cc2c1OCC2. The third kappa shape index (κ3) is 2.16. The van der Waals surface area contributed by atoms with Gasteiger partial charge in [0, 0.05) is 17.5 Å². The van der Waals surface area contributed by atoms with Gasteiger partial charge < -0.3 is 10.5 Å². The molecule has 92 valence electrons. The van der Waals surface area contributed by atoms with E-state index in [1.807, 2.05) is 12.1 Å². The van der Waals surface area contributed by atoms with Crippen LogP contribution in [0.5, 0.6) is 5.75 Å². The van der Waals surface area contributed by atoms with Crippen molar-refractivity contribution in [2.24, 2.45) is 17.6 Å². The number of benzene rings is 1. The molecule has 1 fully saturated rings. The lowest BCUT2D eigenvalue weighted by Gasteiger charge is -2.14. The van der Waals surface area contributed by atoms with E-state index >= 15 is 0 Å². The number of fused-ring (bicyclic) bond motifs is 1. The molecule has 2 nitrogen and oxygen atoms in total. The van der Waals surface area contributed by atoms with Crippen molar-refractivity contribution in [3.05, 3.63) is 28.3 Å². The summed E-state index contributed by atoms with van der Waals surface area (Å²) in [7, 11) is 0. The summed E-state index contributed by atoms with van der Waals surface area (Å²) < 4.78 is 5.70. The lowest BCUT2D eigenvalue weighted by molar-refractivity contribution is 0.352. The van der Waals surface area contributed by atoms with Crippen LogP contribution in [-0.2, 0) is 12.8 Å². The van der Waals surface area contributed by atoms with Crippen LogP contribution in [0.1, 0.15) is 24.5 Å². The maximum absolute atomic E-state index is 6.25. The molecule has 1 heterocycles. The van der Waals surface area contributed by atoms with E-state index in [0.717, 1.165) is 36.1 Å². The molecular weight excluding hydrogens is 234 g/mol. The molecule has 1 aromatic rings. The van der Waals surface area contributed by atoms with Crippen LogP contribution in [0.15, 0.2) is 12.1 Å². The molecule has 0 saturated heterocycles.